The van der Waals surface area contributed by atoms with E-state index in [2.05, 4.69) is 26.1 Å². The summed E-state index contributed by atoms with van der Waals surface area (Å²) in [4.78, 5) is 24.4. The van der Waals surface area contributed by atoms with E-state index < -0.39 is 37.8 Å². The van der Waals surface area contributed by atoms with Crippen molar-refractivity contribution in [1.29, 1.82) is 0 Å². The van der Waals surface area contributed by atoms with Gasteiger partial charge in [-0.3, -0.25) is 0 Å². The van der Waals surface area contributed by atoms with E-state index >= 15 is 0 Å². The van der Waals surface area contributed by atoms with Gasteiger partial charge in [-0.15, -0.1) is 0 Å². The first-order chi connectivity index (χ1) is 10.6. The molecule has 0 aliphatic carbocycles. The Balaban J connectivity index is 2.93. The van der Waals surface area contributed by atoms with Gasteiger partial charge in [-0.25, -0.2) is 9.59 Å². The Bertz CT molecular complexity index is 494. The number of aliphatic hydroxyl groups is 1. The highest BCUT2D eigenvalue weighted by Crippen LogP contribution is 2.38. The predicted octanol–water partition coefficient (Wildman–Crippen LogP) is 2.54. The molecule has 1 aliphatic heterocycles. The Labute approximate surface area is 145 Å². The molecular weight excluding hydrogens is 330 g/mol. The quantitative estimate of drug-likeness (QED) is 0.590. The number of amides is 1. The van der Waals surface area contributed by atoms with Gasteiger partial charge in [0.15, 0.2) is 13.9 Å². The highest BCUT2D eigenvalue weighted by Gasteiger charge is 2.52. The Morgan fingerprint density at radius 1 is 1.33 bits per heavy atom. The topological polar surface area (TPSA) is 94.1 Å². The van der Waals surface area contributed by atoms with Crippen molar-refractivity contribution >= 4 is 20.4 Å². The predicted molar refractivity (Wildman–Crippen MR) is 92.0 cm³/mol. The van der Waals surface area contributed by atoms with Crippen molar-refractivity contribution in [3.8, 4) is 0 Å². The molecule has 8 heteroatoms. The lowest BCUT2D eigenvalue weighted by molar-refractivity contribution is -0.157. The Morgan fingerprint density at radius 2 is 1.88 bits per heavy atom. The van der Waals surface area contributed by atoms with E-state index in [9.17, 15) is 14.7 Å². The summed E-state index contributed by atoms with van der Waals surface area (Å²) in [5.74, 6) is -0.709. The molecule has 2 N–H and O–H groups in total. The second-order valence-electron chi connectivity index (χ2n) is 8.82. The fraction of sp³-hybridized carbons (Fsp3) is 0.875. The molecule has 0 radical (unpaired) electrons. The number of rotatable bonds is 4. The maximum Gasteiger partial charge on any atom is 0.408 e. The minimum Gasteiger partial charge on any atom is -0.444 e. The van der Waals surface area contributed by atoms with Gasteiger partial charge in [0.25, 0.3) is 0 Å². The van der Waals surface area contributed by atoms with Crippen LogP contribution in [0.1, 0.15) is 48.0 Å². The highest BCUT2D eigenvalue weighted by atomic mass is 28.4. The van der Waals surface area contributed by atoms with Gasteiger partial charge in [0.05, 0.1) is 6.61 Å². The van der Waals surface area contributed by atoms with E-state index in [0.717, 1.165) is 0 Å². The van der Waals surface area contributed by atoms with Crippen molar-refractivity contribution in [3.63, 3.8) is 0 Å². The number of nitrogens with one attached hydrogen (secondary N) is 1. The zero-order chi connectivity index (χ0) is 19.0. The summed E-state index contributed by atoms with van der Waals surface area (Å²) in [6, 6.07) is 0. The van der Waals surface area contributed by atoms with E-state index in [4.69, 9.17) is 13.9 Å². The molecule has 1 rings (SSSR count). The smallest absolute Gasteiger partial charge is 0.408 e. The van der Waals surface area contributed by atoms with Crippen LogP contribution in [0.3, 0.4) is 0 Å². The number of carbonyl (C=O) groups is 2. The molecule has 0 spiro atoms. The SMILES string of the molecule is CC(C)(C)OC(=O)NC1(CO[Si](C)(C)C(C)(C)C)CC(O)OC1=O. The Morgan fingerprint density at radius 3 is 2.25 bits per heavy atom. The summed E-state index contributed by atoms with van der Waals surface area (Å²) >= 11 is 0. The monoisotopic (exact) mass is 361 g/mol. The van der Waals surface area contributed by atoms with Gasteiger partial charge in [0.1, 0.15) is 5.60 Å². The molecule has 7 nitrogen and oxygen atoms in total. The minimum absolute atomic E-state index is 0.0543. The number of esters is 1. The van der Waals surface area contributed by atoms with Crippen LogP contribution >= 0.6 is 0 Å². The second-order valence-corrected chi connectivity index (χ2v) is 13.6. The Hall–Kier alpha value is -1.12. The molecule has 24 heavy (non-hydrogen) atoms. The van der Waals surface area contributed by atoms with Gasteiger partial charge >= 0.3 is 12.1 Å². The molecule has 1 saturated heterocycles. The molecule has 1 aliphatic rings. The van der Waals surface area contributed by atoms with Crippen LogP contribution in [0.2, 0.25) is 18.1 Å². The van der Waals surface area contributed by atoms with Crippen molar-refractivity contribution in [2.75, 3.05) is 6.61 Å². The van der Waals surface area contributed by atoms with E-state index in [-0.39, 0.29) is 18.1 Å². The molecule has 0 aromatic carbocycles. The number of hydrogen-bond acceptors (Lipinski definition) is 6. The third-order valence-corrected chi connectivity index (χ3v) is 8.86. The van der Waals surface area contributed by atoms with Crippen molar-refractivity contribution in [3.05, 3.63) is 0 Å². The van der Waals surface area contributed by atoms with Crippen LogP contribution < -0.4 is 5.32 Å². The molecule has 2 atom stereocenters. The highest BCUT2D eigenvalue weighted by molar-refractivity contribution is 6.74. The summed E-state index contributed by atoms with van der Waals surface area (Å²) in [7, 11) is -2.15. The summed E-state index contributed by atoms with van der Waals surface area (Å²) in [6.07, 6.45) is -2.08. The molecule has 1 amide bonds. The first kappa shape index (κ1) is 20.9. The lowest BCUT2D eigenvalue weighted by Crippen LogP contribution is -2.58. The van der Waals surface area contributed by atoms with E-state index in [0.29, 0.717) is 0 Å². The average molecular weight is 362 g/mol. The summed E-state index contributed by atoms with van der Waals surface area (Å²) in [6.45, 7) is 15.5. The average Bonchev–Trinajstić information content (AvgIpc) is 2.58. The molecule has 140 valence electrons. The van der Waals surface area contributed by atoms with Gasteiger partial charge in [-0.1, -0.05) is 20.8 Å². The number of alkyl carbamates (subject to hydrolysis) is 1. The van der Waals surface area contributed by atoms with E-state index in [1.54, 1.807) is 20.8 Å². The fourth-order valence-corrected chi connectivity index (χ4v) is 2.97. The van der Waals surface area contributed by atoms with E-state index in [1.807, 2.05) is 13.1 Å². The number of hydrogen-bond donors (Lipinski definition) is 2. The van der Waals surface area contributed by atoms with Crippen LogP contribution in [-0.2, 0) is 18.7 Å². The van der Waals surface area contributed by atoms with Crippen molar-refractivity contribution in [2.45, 2.75) is 83.5 Å². The third-order valence-electron chi connectivity index (χ3n) is 4.38. The number of ether oxygens (including phenoxy) is 2. The lowest BCUT2D eigenvalue weighted by Gasteiger charge is -2.39. The maximum absolute atomic E-state index is 12.3. The first-order valence-corrected chi connectivity index (χ1v) is 11.0. The molecule has 2 unspecified atom stereocenters. The summed E-state index contributed by atoms with van der Waals surface area (Å²) in [5.41, 5.74) is -2.13. The largest absolute Gasteiger partial charge is 0.444 e. The minimum atomic E-state index is -2.15. The van der Waals surface area contributed by atoms with Gasteiger partial charge in [-0.05, 0) is 38.9 Å². The summed E-state index contributed by atoms with van der Waals surface area (Å²) < 4.78 is 16.2. The van der Waals surface area contributed by atoms with Gasteiger partial charge in [0.2, 0.25) is 6.29 Å². The first-order valence-electron chi connectivity index (χ1n) is 8.12. The molecule has 1 fully saturated rings. The maximum atomic E-state index is 12.3. The van der Waals surface area contributed by atoms with Crippen LogP contribution in [-0.4, -0.2) is 49.5 Å². The van der Waals surface area contributed by atoms with Gasteiger partial charge in [-0.2, -0.15) is 0 Å². The zero-order valence-corrected chi connectivity index (χ0v) is 17.0. The van der Waals surface area contributed by atoms with Crippen molar-refractivity contribution < 1.29 is 28.6 Å². The van der Waals surface area contributed by atoms with Crippen molar-refractivity contribution in [2.24, 2.45) is 0 Å². The normalized spacial score (nSPS) is 25.4. The van der Waals surface area contributed by atoms with E-state index in [1.165, 1.54) is 0 Å². The molecular formula is C16H31NO6Si. The third kappa shape index (κ3) is 5.19. The molecule has 0 saturated carbocycles. The van der Waals surface area contributed by atoms with Gasteiger partial charge < -0.3 is 24.3 Å². The van der Waals surface area contributed by atoms with Crippen LogP contribution in [0.5, 0.6) is 0 Å². The molecule has 0 aromatic rings. The van der Waals surface area contributed by atoms with Crippen LogP contribution in [0.25, 0.3) is 0 Å². The van der Waals surface area contributed by atoms with Crippen molar-refractivity contribution in [1.82, 2.24) is 5.32 Å². The number of aliphatic hydroxyl groups excluding tert-OH is 1. The molecule has 0 aromatic heterocycles. The second kappa shape index (κ2) is 6.65. The number of carbonyl (C=O) groups excluding carboxylic acids is 2. The van der Waals surface area contributed by atoms with Crippen LogP contribution in [0, 0.1) is 0 Å². The van der Waals surface area contributed by atoms with Crippen LogP contribution in [0.15, 0.2) is 0 Å². The fourth-order valence-electron chi connectivity index (χ4n) is 1.93. The Kier molecular flexibility index (Phi) is 5.79. The number of cyclic esters (lactones) is 1. The molecule has 0 bridgehead atoms. The zero-order valence-electron chi connectivity index (χ0n) is 16.0. The van der Waals surface area contributed by atoms with Gasteiger partial charge in [0, 0.05) is 6.42 Å². The lowest BCUT2D eigenvalue weighted by atomic mass is 9.99. The van der Waals surface area contributed by atoms with Crippen LogP contribution in [0.4, 0.5) is 4.79 Å². The summed E-state index contributed by atoms with van der Waals surface area (Å²) in [5, 5.41) is 12.2. The molecule has 1 heterocycles. The standard InChI is InChI=1S/C16H31NO6Si/c1-14(2,3)23-13(20)17-16(9-11(18)22-12(16)19)10-21-24(7,8)15(4,5)6/h11,18H,9-10H2,1-8H3,(H,17,20).